The minimum atomic E-state index is -0.00926. The van der Waals surface area contributed by atoms with Crippen molar-refractivity contribution in [3.05, 3.63) is 44.6 Å². The van der Waals surface area contributed by atoms with E-state index >= 15 is 0 Å². The van der Waals surface area contributed by atoms with Crippen LogP contribution in [0.1, 0.15) is 15.9 Å². The lowest BCUT2D eigenvalue weighted by molar-refractivity contribution is 0.104. The second-order valence-corrected chi connectivity index (χ2v) is 5.01. The van der Waals surface area contributed by atoms with Gasteiger partial charge in [0, 0.05) is 0 Å². The van der Waals surface area contributed by atoms with Crippen LogP contribution in [-0.2, 0) is 0 Å². The Balaban J connectivity index is 2.37. The van der Waals surface area contributed by atoms with Crippen molar-refractivity contribution in [1.82, 2.24) is 9.97 Å². The summed E-state index contributed by atoms with van der Waals surface area (Å²) in [5.41, 5.74) is 2.53. The molecule has 1 aliphatic carbocycles. The fraction of sp³-hybridized carbons (Fsp3) is 0. The maximum atomic E-state index is 12.0. The van der Waals surface area contributed by atoms with Gasteiger partial charge in [0.1, 0.15) is 20.6 Å². The highest BCUT2D eigenvalue weighted by atomic mass is 79.9. The smallest absolute Gasteiger partial charge is 0.197 e. The van der Waals surface area contributed by atoms with Crippen molar-refractivity contribution in [2.75, 3.05) is 0 Å². The van der Waals surface area contributed by atoms with E-state index in [1.54, 1.807) is 24.3 Å². The maximum Gasteiger partial charge on any atom is 0.197 e. The van der Waals surface area contributed by atoms with E-state index in [9.17, 15) is 4.79 Å². The molecule has 3 nitrogen and oxygen atoms in total. The molecule has 0 aromatic carbocycles. The third-order valence-corrected chi connectivity index (χ3v) is 3.32. The number of halogens is 2. The molecule has 0 unspecified atom stereocenters. The van der Waals surface area contributed by atoms with E-state index in [2.05, 4.69) is 41.8 Å². The standard InChI is InChI=1S/C11H4Br2N2O/c12-7-3-1-5-9(14-7)10-6(11(5)16)2-4-8(13)15-10/h1-4H. The molecule has 1 aliphatic rings. The third kappa shape index (κ3) is 1.35. The Labute approximate surface area is 108 Å². The fourth-order valence-corrected chi connectivity index (χ4v) is 2.36. The molecule has 5 heteroatoms. The summed E-state index contributed by atoms with van der Waals surface area (Å²) < 4.78 is 1.40. The number of ketones is 1. The molecule has 16 heavy (non-hydrogen) atoms. The van der Waals surface area contributed by atoms with Gasteiger partial charge in [0.25, 0.3) is 0 Å². The van der Waals surface area contributed by atoms with Gasteiger partial charge in [-0.15, -0.1) is 0 Å². The number of aromatic nitrogens is 2. The van der Waals surface area contributed by atoms with Crippen LogP contribution in [0.3, 0.4) is 0 Å². The Bertz CT molecular complexity index is 572. The third-order valence-electron chi connectivity index (χ3n) is 2.44. The van der Waals surface area contributed by atoms with Gasteiger partial charge < -0.3 is 0 Å². The van der Waals surface area contributed by atoms with Crippen molar-refractivity contribution < 1.29 is 4.79 Å². The fourth-order valence-electron chi connectivity index (χ4n) is 1.74. The molecule has 0 aliphatic heterocycles. The minimum absolute atomic E-state index is 0.00926. The zero-order valence-corrected chi connectivity index (χ0v) is 11.0. The molecule has 0 saturated carbocycles. The van der Waals surface area contributed by atoms with Gasteiger partial charge in [0.05, 0.1) is 11.1 Å². The van der Waals surface area contributed by atoms with Crippen LogP contribution >= 0.6 is 31.9 Å². The molecule has 78 valence electrons. The predicted molar refractivity (Wildman–Crippen MR) is 66.3 cm³/mol. The van der Waals surface area contributed by atoms with Crippen LogP contribution in [0.2, 0.25) is 0 Å². The lowest BCUT2D eigenvalue weighted by atomic mass is 10.1. The van der Waals surface area contributed by atoms with Crippen molar-refractivity contribution in [1.29, 1.82) is 0 Å². The Hall–Kier alpha value is -1.07. The molecule has 0 spiro atoms. The Kier molecular flexibility index (Phi) is 2.19. The predicted octanol–water partition coefficient (Wildman–Crippen LogP) is 3.21. The molecule has 2 heterocycles. The van der Waals surface area contributed by atoms with Gasteiger partial charge in [-0.2, -0.15) is 0 Å². The number of carbonyl (C=O) groups is 1. The van der Waals surface area contributed by atoms with Crippen LogP contribution in [0, 0.1) is 0 Å². The molecule has 0 atom stereocenters. The molecule has 0 fully saturated rings. The van der Waals surface area contributed by atoms with Gasteiger partial charge in [-0.05, 0) is 56.1 Å². The molecule has 2 aromatic heterocycles. The molecule has 0 radical (unpaired) electrons. The highest BCUT2D eigenvalue weighted by Gasteiger charge is 2.29. The summed E-state index contributed by atoms with van der Waals surface area (Å²) in [7, 11) is 0. The molecular weight excluding hydrogens is 336 g/mol. The quantitative estimate of drug-likeness (QED) is 0.591. The van der Waals surface area contributed by atoms with Gasteiger partial charge in [0.15, 0.2) is 5.78 Å². The highest BCUT2D eigenvalue weighted by Crippen LogP contribution is 2.35. The van der Waals surface area contributed by atoms with Gasteiger partial charge >= 0.3 is 0 Å². The van der Waals surface area contributed by atoms with E-state index < -0.39 is 0 Å². The van der Waals surface area contributed by atoms with Crippen LogP contribution in [0.4, 0.5) is 0 Å². The van der Waals surface area contributed by atoms with Crippen molar-refractivity contribution in [3.8, 4) is 11.4 Å². The molecule has 2 aromatic rings. The van der Waals surface area contributed by atoms with Gasteiger partial charge in [-0.3, -0.25) is 4.79 Å². The number of hydrogen-bond donors (Lipinski definition) is 0. The second kappa shape index (κ2) is 3.46. The summed E-state index contributed by atoms with van der Waals surface area (Å²) in [5.74, 6) is -0.00926. The Morgan fingerprint density at radius 3 is 1.69 bits per heavy atom. The first-order chi connectivity index (χ1) is 7.66. The SMILES string of the molecule is O=C1c2ccc(Br)nc2-c2nc(Br)ccc21. The molecule has 0 N–H and O–H groups in total. The van der Waals surface area contributed by atoms with Crippen LogP contribution in [0.25, 0.3) is 11.4 Å². The van der Waals surface area contributed by atoms with Gasteiger partial charge in [0.2, 0.25) is 0 Å². The van der Waals surface area contributed by atoms with E-state index in [1.807, 2.05) is 0 Å². The molecule has 0 saturated heterocycles. The van der Waals surface area contributed by atoms with E-state index in [1.165, 1.54) is 0 Å². The first kappa shape index (κ1) is 10.1. The summed E-state index contributed by atoms with van der Waals surface area (Å²) in [6.45, 7) is 0. The monoisotopic (exact) mass is 338 g/mol. The largest absolute Gasteiger partial charge is 0.288 e. The Morgan fingerprint density at radius 1 is 0.812 bits per heavy atom. The Morgan fingerprint density at radius 2 is 1.25 bits per heavy atom. The van der Waals surface area contributed by atoms with E-state index in [4.69, 9.17) is 0 Å². The lowest BCUT2D eigenvalue weighted by Crippen LogP contribution is -1.95. The number of pyridine rings is 2. The van der Waals surface area contributed by atoms with Crippen LogP contribution in [-0.4, -0.2) is 15.8 Å². The van der Waals surface area contributed by atoms with Crippen LogP contribution < -0.4 is 0 Å². The van der Waals surface area contributed by atoms with Crippen molar-refractivity contribution in [2.24, 2.45) is 0 Å². The summed E-state index contributed by atoms with van der Waals surface area (Å²) in [6.07, 6.45) is 0. The second-order valence-electron chi connectivity index (χ2n) is 3.39. The highest BCUT2D eigenvalue weighted by molar-refractivity contribution is 9.10. The maximum absolute atomic E-state index is 12.0. The van der Waals surface area contributed by atoms with Crippen molar-refractivity contribution >= 4 is 37.6 Å². The average Bonchev–Trinajstić information content (AvgIpc) is 2.52. The number of rotatable bonds is 0. The molecule has 0 amide bonds. The summed E-state index contributed by atoms with van der Waals surface area (Å²) in [4.78, 5) is 20.6. The molecule has 0 bridgehead atoms. The van der Waals surface area contributed by atoms with Crippen molar-refractivity contribution in [3.63, 3.8) is 0 Å². The number of carbonyl (C=O) groups excluding carboxylic acids is 1. The summed E-state index contributed by atoms with van der Waals surface area (Å²) in [6, 6.07) is 7.06. The summed E-state index contributed by atoms with van der Waals surface area (Å²) >= 11 is 6.59. The van der Waals surface area contributed by atoms with Gasteiger partial charge in [-0.25, -0.2) is 9.97 Å². The van der Waals surface area contributed by atoms with E-state index in [0.29, 0.717) is 31.7 Å². The van der Waals surface area contributed by atoms with E-state index in [-0.39, 0.29) is 5.78 Å². The van der Waals surface area contributed by atoms with Crippen LogP contribution in [0.5, 0.6) is 0 Å². The first-order valence-corrected chi connectivity index (χ1v) is 6.13. The minimum Gasteiger partial charge on any atom is -0.288 e. The zero-order chi connectivity index (χ0) is 11.3. The molecule has 3 rings (SSSR count). The summed E-state index contributed by atoms with van der Waals surface area (Å²) in [5, 5.41) is 0. The number of hydrogen-bond acceptors (Lipinski definition) is 3. The molecular formula is C11H4Br2N2O. The number of fused-ring (bicyclic) bond motifs is 3. The van der Waals surface area contributed by atoms with Crippen LogP contribution in [0.15, 0.2) is 33.5 Å². The van der Waals surface area contributed by atoms with E-state index in [0.717, 1.165) is 0 Å². The normalized spacial score (nSPS) is 12.5. The average molecular weight is 340 g/mol. The lowest BCUT2D eigenvalue weighted by Gasteiger charge is -1.98. The topological polar surface area (TPSA) is 42.9 Å². The van der Waals surface area contributed by atoms with Gasteiger partial charge in [-0.1, -0.05) is 0 Å². The first-order valence-electron chi connectivity index (χ1n) is 4.55. The zero-order valence-electron chi connectivity index (χ0n) is 7.87. The number of nitrogens with zero attached hydrogens (tertiary/aromatic N) is 2. The van der Waals surface area contributed by atoms with Crippen molar-refractivity contribution in [2.45, 2.75) is 0 Å².